The molecule has 0 heterocycles. The molecule has 0 amide bonds. The first-order chi connectivity index (χ1) is 14.3. The van der Waals surface area contributed by atoms with Gasteiger partial charge in [-0.05, 0) is 32.1 Å². The molecule has 8 heteroatoms. The third-order valence-corrected chi connectivity index (χ3v) is 5.19. The summed E-state index contributed by atoms with van der Waals surface area (Å²) in [4.78, 5) is 44.1. The average molecular weight is 431 g/mol. The van der Waals surface area contributed by atoms with Crippen LogP contribution < -0.4 is 0 Å². The van der Waals surface area contributed by atoms with E-state index in [2.05, 4.69) is 0 Å². The van der Waals surface area contributed by atoms with Crippen LogP contribution in [0.3, 0.4) is 0 Å². The van der Waals surface area contributed by atoms with Crippen molar-refractivity contribution >= 4 is 17.9 Å². The van der Waals surface area contributed by atoms with Gasteiger partial charge in [0.2, 0.25) is 0 Å². The second-order valence-corrected chi connectivity index (χ2v) is 7.64. The fourth-order valence-electron chi connectivity index (χ4n) is 3.13. The number of carboxylic acids is 3. The van der Waals surface area contributed by atoms with Gasteiger partial charge in [0.1, 0.15) is 6.26 Å². The molecule has 0 spiro atoms. The molecule has 0 saturated heterocycles. The molecule has 0 radical (unpaired) electrons. The molecule has 0 fully saturated rings. The monoisotopic (exact) mass is 430 g/mol. The van der Waals surface area contributed by atoms with Crippen LogP contribution >= 0.6 is 0 Å². The van der Waals surface area contributed by atoms with Gasteiger partial charge in [-0.25, -0.2) is 4.79 Å². The molecule has 0 aromatic carbocycles. The van der Waals surface area contributed by atoms with Gasteiger partial charge in [-0.2, -0.15) is 4.89 Å². The van der Waals surface area contributed by atoms with Crippen molar-refractivity contribution in [1.82, 2.24) is 0 Å². The first-order valence-corrected chi connectivity index (χ1v) is 11.0. The van der Waals surface area contributed by atoms with Crippen molar-refractivity contribution in [2.75, 3.05) is 6.61 Å². The summed E-state index contributed by atoms with van der Waals surface area (Å²) in [6.07, 6.45) is 9.51. The van der Waals surface area contributed by atoms with Gasteiger partial charge in [0.25, 0.3) is 0 Å². The quantitative estimate of drug-likeness (QED) is 0.0602. The van der Waals surface area contributed by atoms with Crippen LogP contribution in [0.2, 0.25) is 0 Å². The third-order valence-electron chi connectivity index (χ3n) is 5.19. The maximum Gasteiger partial charge on any atom is 0.334 e. The Morgan fingerprint density at radius 1 is 0.767 bits per heavy atom. The van der Waals surface area contributed by atoms with Crippen molar-refractivity contribution in [3.63, 3.8) is 0 Å². The zero-order valence-corrected chi connectivity index (χ0v) is 18.4. The normalized spacial score (nSPS) is 12.0. The van der Waals surface area contributed by atoms with E-state index in [-0.39, 0.29) is 18.4 Å². The van der Waals surface area contributed by atoms with Crippen LogP contribution in [-0.4, -0.2) is 39.8 Å². The summed E-state index contributed by atoms with van der Waals surface area (Å²) in [5.74, 6) is -3.53. The summed E-state index contributed by atoms with van der Waals surface area (Å²) in [5.41, 5.74) is -1.52. The van der Waals surface area contributed by atoms with Crippen LogP contribution in [0.5, 0.6) is 0 Å². The van der Waals surface area contributed by atoms with Crippen LogP contribution in [0.15, 0.2) is 11.8 Å². The third kappa shape index (κ3) is 11.2. The molecule has 0 saturated carbocycles. The van der Waals surface area contributed by atoms with Crippen LogP contribution in [0.4, 0.5) is 0 Å². The molecule has 0 rings (SSSR count). The van der Waals surface area contributed by atoms with Crippen LogP contribution in [-0.2, 0) is 24.2 Å². The van der Waals surface area contributed by atoms with E-state index >= 15 is 0 Å². The lowest BCUT2D eigenvalue weighted by molar-refractivity contribution is -0.249. The highest BCUT2D eigenvalue weighted by Gasteiger charge is 2.45. The molecule has 30 heavy (non-hydrogen) atoms. The predicted molar refractivity (Wildman–Crippen MR) is 112 cm³/mol. The highest BCUT2D eigenvalue weighted by molar-refractivity contribution is 5.98. The minimum absolute atomic E-state index is 0.138. The van der Waals surface area contributed by atoms with Gasteiger partial charge in [-0.3, -0.25) is 9.59 Å². The Balaban J connectivity index is 4.16. The number of carbonyl (C=O) groups is 3. The standard InChI is InChI=1S/C22H38O8/c1-3-5-14-22(20(25)26,21(27)28)15-12-10-8-7-9-11-13-18(19(23)24)17-30-29-16-6-4-2/h17H,3-16H2,1-2H3,(H,23,24)(H,25,26)(H,27,28)/b18-17+. The minimum atomic E-state index is -1.68. The summed E-state index contributed by atoms with van der Waals surface area (Å²) >= 11 is 0. The molecule has 0 bridgehead atoms. The average Bonchev–Trinajstić information content (AvgIpc) is 2.69. The molecule has 0 aliphatic carbocycles. The first-order valence-electron chi connectivity index (χ1n) is 11.0. The Labute approximate surface area is 179 Å². The molecule has 0 unspecified atom stereocenters. The van der Waals surface area contributed by atoms with E-state index in [9.17, 15) is 29.7 Å². The Kier molecular flexibility index (Phi) is 15.5. The molecule has 0 aromatic rings. The van der Waals surface area contributed by atoms with Gasteiger partial charge in [0.15, 0.2) is 5.41 Å². The zero-order chi connectivity index (χ0) is 22.8. The smallest absolute Gasteiger partial charge is 0.334 e. The van der Waals surface area contributed by atoms with Gasteiger partial charge in [0, 0.05) is 0 Å². The van der Waals surface area contributed by atoms with E-state index in [0.717, 1.165) is 51.2 Å². The van der Waals surface area contributed by atoms with E-state index in [0.29, 0.717) is 32.3 Å². The van der Waals surface area contributed by atoms with Crippen LogP contribution in [0.1, 0.15) is 97.3 Å². The van der Waals surface area contributed by atoms with Crippen molar-refractivity contribution < 1.29 is 39.5 Å². The molecular formula is C22H38O8. The first kappa shape index (κ1) is 27.9. The van der Waals surface area contributed by atoms with Crippen molar-refractivity contribution in [1.29, 1.82) is 0 Å². The van der Waals surface area contributed by atoms with Gasteiger partial charge >= 0.3 is 17.9 Å². The fourth-order valence-corrected chi connectivity index (χ4v) is 3.13. The molecule has 3 N–H and O–H groups in total. The number of hydrogen-bond acceptors (Lipinski definition) is 5. The lowest BCUT2D eigenvalue weighted by Gasteiger charge is -2.24. The van der Waals surface area contributed by atoms with Crippen molar-refractivity contribution in [2.45, 2.75) is 97.3 Å². The van der Waals surface area contributed by atoms with Crippen LogP contribution in [0.25, 0.3) is 0 Å². The molecule has 0 aromatic heterocycles. The maximum absolute atomic E-state index is 11.6. The summed E-state index contributed by atoms with van der Waals surface area (Å²) in [7, 11) is 0. The van der Waals surface area contributed by atoms with E-state index in [1.54, 1.807) is 0 Å². The highest BCUT2D eigenvalue weighted by Crippen LogP contribution is 2.32. The summed E-state index contributed by atoms with van der Waals surface area (Å²) in [6, 6.07) is 0. The summed E-state index contributed by atoms with van der Waals surface area (Å²) in [5, 5.41) is 28.1. The number of unbranched alkanes of at least 4 members (excludes halogenated alkanes) is 7. The van der Waals surface area contributed by atoms with Crippen molar-refractivity contribution in [2.24, 2.45) is 5.41 Å². The van der Waals surface area contributed by atoms with E-state index in [1.807, 2.05) is 13.8 Å². The second-order valence-electron chi connectivity index (χ2n) is 7.64. The Morgan fingerprint density at radius 3 is 1.83 bits per heavy atom. The van der Waals surface area contributed by atoms with Gasteiger partial charge < -0.3 is 20.2 Å². The largest absolute Gasteiger partial charge is 0.480 e. The SMILES string of the molecule is CCCCOO/C=C(\CCCCCCCCC(CCCC)(C(=O)O)C(=O)O)C(=O)O. The maximum atomic E-state index is 11.6. The molecule has 0 atom stereocenters. The van der Waals surface area contributed by atoms with E-state index in [4.69, 9.17) is 9.78 Å². The number of carboxylic acid groups (broad SMARTS) is 3. The molecule has 8 nitrogen and oxygen atoms in total. The van der Waals surface area contributed by atoms with Crippen LogP contribution in [0, 0.1) is 5.41 Å². The fraction of sp³-hybridized carbons (Fsp3) is 0.773. The van der Waals surface area contributed by atoms with Gasteiger partial charge in [-0.1, -0.05) is 65.2 Å². The minimum Gasteiger partial charge on any atom is -0.480 e. The lowest BCUT2D eigenvalue weighted by atomic mass is 9.78. The molecule has 0 aliphatic heterocycles. The number of rotatable bonds is 20. The lowest BCUT2D eigenvalue weighted by Crippen LogP contribution is -2.39. The van der Waals surface area contributed by atoms with E-state index in [1.165, 1.54) is 0 Å². The van der Waals surface area contributed by atoms with Gasteiger partial charge in [0.05, 0.1) is 12.2 Å². The molecule has 0 aliphatic rings. The predicted octanol–water partition coefficient (Wildman–Crippen LogP) is 5.17. The zero-order valence-electron chi connectivity index (χ0n) is 18.4. The second kappa shape index (κ2) is 16.7. The number of aliphatic carboxylic acids is 3. The summed E-state index contributed by atoms with van der Waals surface area (Å²) < 4.78 is 0. The topological polar surface area (TPSA) is 130 Å². The van der Waals surface area contributed by atoms with Crippen molar-refractivity contribution in [3.05, 3.63) is 11.8 Å². The van der Waals surface area contributed by atoms with Gasteiger partial charge in [-0.15, -0.1) is 0 Å². The Hall–Kier alpha value is -2.09. The van der Waals surface area contributed by atoms with E-state index < -0.39 is 23.3 Å². The Bertz CT molecular complexity index is 527. The van der Waals surface area contributed by atoms with Crippen molar-refractivity contribution in [3.8, 4) is 0 Å². The summed E-state index contributed by atoms with van der Waals surface area (Å²) in [6.45, 7) is 4.34. The molecular weight excluding hydrogens is 392 g/mol. The Morgan fingerprint density at radius 2 is 1.30 bits per heavy atom. The molecule has 174 valence electrons. The highest BCUT2D eigenvalue weighted by atomic mass is 17.2. The number of hydrogen-bond donors (Lipinski definition) is 3.